The Morgan fingerprint density at radius 1 is 1.45 bits per heavy atom. The number of nitrogens with zero attached hydrogens (tertiary/aromatic N) is 3. The maximum absolute atomic E-state index is 12.7. The number of amides is 1. The molecule has 1 aliphatic heterocycles. The fourth-order valence-electron chi connectivity index (χ4n) is 2.83. The predicted octanol–water partition coefficient (Wildman–Crippen LogP) is 2.99. The van der Waals surface area contributed by atoms with Crippen LogP contribution in [0.3, 0.4) is 0 Å². The highest BCUT2D eigenvalue weighted by atomic mass is 32.1. The van der Waals surface area contributed by atoms with E-state index >= 15 is 0 Å². The smallest absolute Gasteiger partial charge is 0.274 e. The zero-order chi connectivity index (χ0) is 15.1. The fourth-order valence-corrected chi connectivity index (χ4v) is 3.60. The lowest BCUT2D eigenvalue weighted by atomic mass is 10.1. The highest BCUT2D eigenvalue weighted by Gasteiger charge is 2.34. The first kappa shape index (κ1) is 13.8. The van der Waals surface area contributed by atoms with Crippen LogP contribution in [0.15, 0.2) is 16.0 Å². The van der Waals surface area contributed by atoms with Crippen molar-refractivity contribution < 1.29 is 9.32 Å². The van der Waals surface area contributed by atoms with Gasteiger partial charge >= 0.3 is 0 Å². The molecule has 2 aromatic heterocycles. The van der Waals surface area contributed by atoms with Gasteiger partial charge in [0.15, 0.2) is 10.9 Å². The molecule has 0 aromatic carbocycles. The second-order valence-electron chi connectivity index (χ2n) is 5.98. The molecule has 7 heteroatoms. The number of nitrogens with one attached hydrogen (secondary N) is 1. The molecule has 2 fully saturated rings. The molecule has 1 saturated heterocycles. The van der Waals surface area contributed by atoms with Gasteiger partial charge in [-0.05, 0) is 32.6 Å². The largest absolute Gasteiger partial charge is 0.359 e. The molecule has 0 radical (unpaired) electrons. The zero-order valence-electron chi connectivity index (χ0n) is 12.4. The van der Waals surface area contributed by atoms with Crippen molar-refractivity contribution in [3.63, 3.8) is 0 Å². The lowest BCUT2D eigenvalue weighted by Gasteiger charge is -2.21. The van der Waals surface area contributed by atoms with Crippen LogP contribution in [0.5, 0.6) is 0 Å². The van der Waals surface area contributed by atoms with E-state index in [1.165, 1.54) is 24.2 Å². The maximum atomic E-state index is 12.7. The van der Waals surface area contributed by atoms with Gasteiger partial charge in [0.2, 0.25) is 0 Å². The quantitative estimate of drug-likeness (QED) is 0.938. The summed E-state index contributed by atoms with van der Waals surface area (Å²) in [6.45, 7) is 2.64. The predicted molar refractivity (Wildman–Crippen MR) is 83.0 cm³/mol. The Morgan fingerprint density at radius 2 is 2.32 bits per heavy atom. The van der Waals surface area contributed by atoms with Crippen LogP contribution < -0.4 is 5.32 Å². The highest BCUT2D eigenvalue weighted by Crippen LogP contribution is 2.34. The van der Waals surface area contributed by atoms with E-state index in [4.69, 9.17) is 4.52 Å². The number of hydrogen-bond donors (Lipinski definition) is 1. The van der Waals surface area contributed by atoms with Gasteiger partial charge in [-0.15, -0.1) is 11.3 Å². The number of aromatic nitrogens is 2. The van der Waals surface area contributed by atoms with Crippen LogP contribution in [-0.2, 0) is 0 Å². The molecule has 1 atom stereocenters. The Morgan fingerprint density at radius 3 is 3.05 bits per heavy atom. The summed E-state index contributed by atoms with van der Waals surface area (Å²) >= 11 is 1.50. The molecule has 0 bridgehead atoms. The first-order valence-corrected chi connectivity index (χ1v) is 8.55. The van der Waals surface area contributed by atoms with Crippen LogP contribution in [0.25, 0.3) is 0 Å². The van der Waals surface area contributed by atoms with Crippen LogP contribution in [0.1, 0.15) is 53.7 Å². The Balaban J connectivity index is 1.51. The van der Waals surface area contributed by atoms with E-state index in [1.54, 1.807) is 0 Å². The summed E-state index contributed by atoms with van der Waals surface area (Å²) in [4.78, 5) is 19.0. The number of rotatable bonds is 4. The lowest BCUT2D eigenvalue weighted by molar-refractivity contribution is 0.0709. The van der Waals surface area contributed by atoms with Crippen molar-refractivity contribution >= 4 is 22.4 Å². The molecule has 1 amide bonds. The molecule has 1 aliphatic carbocycles. The monoisotopic (exact) mass is 318 g/mol. The third-order valence-electron chi connectivity index (χ3n) is 4.12. The van der Waals surface area contributed by atoms with E-state index in [9.17, 15) is 4.79 Å². The molecule has 1 N–H and O–H groups in total. The van der Waals surface area contributed by atoms with Crippen LogP contribution in [0.4, 0.5) is 5.13 Å². The summed E-state index contributed by atoms with van der Waals surface area (Å²) in [6.07, 6.45) is 4.29. The Labute approximate surface area is 132 Å². The number of hydrogen-bond acceptors (Lipinski definition) is 6. The van der Waals surface area contributed by atoms with E-state index < -0.39 is 0 Å². The molecule has 116 valence electrons. The third-order valence-corrected chi connectivity index (χ3v) is 4.89. The minimum Gasteiger partial charge on any atom is -0.359 e. The number of carbonyl (C=O) groups is 1. The number of carbonyl (C=O) groups excluding carboxylic acids is 1. The van der Waals surface area contributed by atoms with Crippen molar-refractivity contribution in [2.45, 2.75) is 44.7 Å². The topological polar surface area (TPSA) is 71.3 Å². The average Bonchev–Trinajstić information content (AvgIpc) is 2.95. The third kappa shape index (κ3) is 2.61. The van der Waals surface area contributed by atoms with Crippen molar-refractivity contribution in [1.82, 2.24) is 15.0 Å². The van der Waals surface area contributed by atoms with Gasteiger partial charge in [-0.2, -0.15) is 0 Å². The van der Waals surface area contributed by atoms with E-state index in [2.05, 4.69) is 15.5 Å². The summed E-state index contributed by atoms with van der Waals surface area (Å²) < 4.78 is 5.36. The molecule has 22 heavy (non-hydrogen) atoms. The SMILES string of the molecule is Cc1cc(C2CCCN2C(=O)c2csc(NC3CC3)n2)on1. The zero-order valence-corrected chi connectivity index (χ0v) is 13.2. The lowest BCUT2D eigenvalue weighted by Crippen LogP contribution is -2.30. The molecule has 1 saturated carbocycles. The molecular formula is C15H18N4O2S. The first-order valence-electron chi connectivity index (χ1n) is 7.67. The minimum atomic E-state index is -0.0183. The molecular weight excluding hydrogens is 300 g/mol. The summed E-state index contributed by atoms with van der Waals surface area (Å²) in [7, 11) is 0. The summed E-state index contributed by atoms with van der Waals surface area (Å²) in [6, 6.07) is 2.44. The van der Waals surface area contributed by atoms with E-state index in [1.807, 2.05) is 23.3 Å². The first-order chi connectivity index (χ1) is 10.7. The van der Waals surface area contributed by atoms with Gasteiger partial charge in [0.05, 0.1) is 11.7 Å². The Kier molecular flexibility index (Phi) is 3.37. The molecule has 4 rings (SSSR count). The number of aryl methyl sites for hydroxylation is 1. The van der Waals surface area contributed by atoms with Gasteiger partial charge in [-0.1, -0.05) is 5.16 Å². The van der Waals surface area contributed by atoms with Gasteiger partial charge < -0.3 is 14.7 Å². The summed E-state index contributed by atoms with van der Waals surface area (Å²) in [5, 5.41) is 9.96. The molecule has 1 unspecified atom stereocenters. The van der Waals surface area contributed by atoms with Crippen LogP contribution >= 0.6 is 11.3 Å². The van der Waals surface area contributed by atoms with Gasteiger partial charge in [0, 0.05) is 24.0 Å². The molecule has 6 nitrogen and oxygen atoms in total. The van der Waals surface area contributed by atoms with Crippen LogP contribution in [0.2, 0.25) is 0 Å². The van der Waals surface area contributed by atoms with Crippen molar-refractivity contribution in [2.75, 3.05) is 11.9 Å². The second-order valence-corrected chi connectivity index (χ2v) is 6.84. The van der Waals surface area contributed by atoms with E-state index in [0.29, 0.717) is 11.7 Å². The Bertz CT molecular complexity index is 691. The van der Waals surface area contributed by atoms with Crippen molar-refractivity contribution in [1.29, 1.82) is 0 Å². The minimum absolute atomic E-state index is 0.0170. The maximum Gasteiger partial charge on any atom is 0.274 e. The van der Waals surface area contributed by atoms with Crippen molar-refractivity contribution in [3.05, 3.63) is 28.6 Å². The van der Waals surface area contributed by atoms with Gasteiger partial charge in [-0.25, -0.2) is 4.98 Å². The summed E-state index contributed by atoms with van der Waals surface area (Å²) in [5.74, 6) is 0.756. The van der Waals surface area contributed by atoms with Gasteiger partial charge in [0.25, 0.3) is 5.91 Å². The molecule has 2 aromatic rings. The van der Waals surface area contributed by atoms with Crippen molar-refractivity contribution in [3.8, 4) is 0 Å². The Hall–Kier alpha value is -1.89. The molecule has 3 heterocycles. The highest BCUT2D eigenvalue weighted by molar-refractivity contribution is 7.13. The average molecular weight is 318 g/mol. The number of anilines is 1. The van der Waals surface area contributed by atoms with Crippen LogP contribution in [0, 0.1) is 6.92 Å². The van der Waals surface area contributed by atoms with Crippen LogP contribution in [-0.4, -0.2) is 33.5 Å². The molecule has 0 spiro atoms. The van der Waals surface area contributed by atoms with Gasteiger partial charge in [-0.3, -0.25) is 4.79 Å². The fraction of sp³-hybridized carbons (Fsp3) is 0.533. The van der Waals surface area contributed by atoms with Gasteiger partial charge in [0.1, 0.15) is 5.69 Å². The normalized spacial score (nSPS) is 21.3. The number of thiazole rings is 1. The summed E-state index contributed by atoms with van der Waals surface area (Å²) in [5.41, 5.74) is 1.37. The standard InChI is InChI=1S/C15H18N4O2S/c1-9-7-13(21-18-9)12-3-2-6-19(12)14(20)11-8-22-15(17-11)16-10-4-5-10/h7-8,10,12H,2-6H2,1H3,(H,16,17). The van der Waals surface area contributed by atoms with E-state index in [-0.39, 0.29) is 11.9 Å². The molecule has 2 aliphatic rings. The number of likely N-dealkylation sites (tertiary alicyclic amines) is 1. The van der Waals surface area contributed by atoms with Crippen molar-refractivity contribution in [2.24, 2.45) is 0 Å². The second kappa shape index (κ2) is 5.39. The van der Waals surface area contributed by atoms with E-state index in [0.717, 1.165) is 36.0 Å².